The number of carbonyl (C=O) groups excluding carboxylic acids is 1. The first-order valence-electron chi connectivity index (χ1n) is 9.58. The molecule has 0 N–H and O–H groups in total. The minimum atomic E-state index is -0.331. The molecule has 1 aromatic heterocycles. The minimum absolute atomic E-state index is 0.331. The summed E-state index contributed by atoms with van der Waals surface area (Å²) >= 11 is 0. The van der Waals surface area contributed by atoms with Crippen molar-refractivity contribution in [1.82, 2.24) is 14.7 Å². The smallest absolute Gasteiger partial charge is 0.330 e. The zero-order valence-corrected chi connectivity index (χ0v) is 16.7. The Labute approximate surface area is 161 Å². The molecule has 1 saturated heterocycles. The van der Waals surface area contributed by atoms with Crippen LogP contribution in [-0.2, 0) is 23.0 Å². The third-order valence-corrected chi connectivity index (χ3v) is 5.61. The van der Waals surface area contributed by atoms with E-state index in [0.29, 0.717) is 6.04 Å². The lowest BCUT2D eigenvalue weighted by Gasteiger charge is -2.25. The molecule has 3 rings (SSSR count). The van der Waals surface area contributed by atoms with Crippen LogP contribution in [0.15, 0.2) is 30.3 Å². The fourth-order valence-electron chi connectivity index (χ4n) is 3.97. The lowest BCUT2D eigenvalue weighted by Crippen LogP contribution is -2.26. The molecule has 0 spiro atoms. The number of carbonyl (C=O) groups is 1. The summed E-state index contributed by atoms with van der Waals surface area (Å²) < 4.78 is 6.61. The molecule has 27 heavy (non-hydrogen) atoms. The summed E-state index contributed by atoms with van der Waals surface area (Å²) in [5, 5.41) is 4.54. The van der Waals surface area contributed by atoms with Crippen molar-refractivity contribution in [2.24, 2.45) is 7.05 Å². The Kier molecular flexibility index (Phi) is 6.11. The van der Waals surface area contributed by atoms with Gasteiger partial charge in [0, 0.05) is 31.4 Å². The van der Waals surface area contributed by atoms with E-state index in [9.17, 15) is 4.79 Å². The lowest BCUT2D eigenvalue weighted by molar-refractivity contribution is -0.134. The Morgan fingerprint density at radius 2 is 2.04 bits per heavy atom. The van der Waals surface area contributed by atoms with Crippen LogP contribution in [0.4, 0.5) is 0 Å². The Balaban J connectivity index is 1.65. The molecule has 1 fully saturated rings. The number of benzene rings is 1. The van der Waals surface area contributed by atoms with Gasteiger partial charge in [-0.2, -0.15) is 5.10 Å². The fourth-order valence-corrected chi connectivity index (χ4v) is 3.97. The van der Waals surface area contributed by atoms with E-state index in [1.165, 1.54) is 42.8 Å². The fraction of sp³-hybridized carbons (Fsp3) is 0.455. The third-order valence-electron chi connectivity index (χ3n) is 5.61. The number of ether oxygens (including phenoxy) is 1. The number of aryl methyl sites for hydroxylation is 2. The number of aromatic nitrogens is 2. The van der Waals surface area contributed by atoms with E-state index in [1.54, 1.807) is 6.08 Å². The number of hydrogen-bond acceptors (Lipinski definition) is 4. The summed E-state index contributed by atoms with van der Waals surface area (Å²) in [5.74, 6) is -0.331. The monoisotopic (exact) mass is 367 g/mol. The molecular weight excluding hydrogens is 338 g/mol. The molecule has 1 atom stereocenters. The molecule has 5 nitrogen and oxygen atoms in total. The predicted octanol–water partition coefficient (Wildman–Crippen LogP) is 3.60. The van der Waals surface area contributed by atoms with Gasteiger partial charge in [0.25, 0.3) is 0 Å². The normalized spacial score (nSPS) is 17.7. The molecule has 1 aliphatic heterocycles. The molecule has 1 aromatic carbocycles. The quantitative estimate of drug-likeness (QED) is 0.578. The molecule has 0 saturated carbocycles. The highest BCUT2D eigenvalue weighted by atomic mass is 16.5. The molecule has 2 heterocycles. The molecule has 0 bridgehead atoms. The van der Waals surface area contributed by atoms with Crippen LogP contribution in [0.5, 0.6) is 0 Å². The van der Waals surface area contributed by atoms with Crippen molar-refractivity contribution in [2.45, 2.75) is 39.2 Å². The Hall–Kier alpha value is -2.40. The van der Waals surface area contributed by atoms with Crippen molar-refractivity contribution >= 4 is 12.0 Å². The first-order valence-corrected chi connectivity index (χ1v) is 9.58. The standard InChI is InChI=1S/C22H29N3O2/c1-16-20(17(2)24(3)23-16)13-15-25-14-5-6-21(25)19-10-7-18(8-11-19)9-12-22(26)27-4/h7-12,21H,5-6,13-15H2,1-4H3/b12-9+. The number of methoxy groups -OCH3 is 1. The maximum atomic E-state index is 11.2. The van der Waals surface area contributed by atoms with Gasteiger partial charge in [-0.05, 0) is 62.4 Å². The largest absolute Gasteiger partial charge is 0.466 e. The van der Waals surface area contributed by atoms with E-state index in [-0.39, 0.29) is 5.97 Å². The predicted molar refractivity (Wildman–Crippen MR) is 107 cm³/mol. The summed E-state index contributed by atoms with van der Waals surface area (Å²) in [6, 6.07) is 8.98. The van der Waals surface area contributed by atoms with Crippen LogP contribution in [0.2, 0.25) is 0 Å². The summed E-state index contributed by atoms with van der Waals surface area (Å²) in [6.45, 7) is 6.46. The van der Waals surface area contributed by atoms with Crippen molar-refractivity contribution in [3.05, 3.63) is 58.4 Å². The van der Waals surface area contributed by atoms with Gasteiger partial charge in [-0.1, -0.05) is 24.3 Å². The first kappa shape index (κ1) is 19.4. The molecule has 2 aromatic rings. The molecule has 1 unspecified atom stereocenters. The second-order valence-electron chi connectivity index (χ2n) is 7.24. The minimum Gasteiger partial charge on any atom is -0.466 e. The third kappa shape index (κ3) is 4.48. The van der Waals surface area contributed by atoms with Crippen LogP contribution < -0.4 is 0 Å². The summed E-state index contributed by atoms with van der Waals surface area (Å²) in [6.07, 6.45) is 6.72. The van der Waals surface area contributed by atoms with Gasteiger partial charge < -0.3 is 4.74 Å². The molecule has 0 aliphatic carbocycles. The van der Waals surface area contributed by atoms with Crippen molar-refractivity contribution < 1.29 is 9.53 Å². The number of likely N-dealkylation sites (tertiary alicyclic amines) is 1. The second-order valence-corrected chi connectivity index (χ2v) is 7.24. The van der Waals surface area contributed by atoms with Crippen LogP contribution in [0, 0.1) is 13.8 Å². The second kappa shape index (κ2) is 8.53. The Morgan fingerprint density at radius 3 is 2.67 bits per heavy atom. The average molecular weight is 367 g/mol. The van der Waals surface area contributed by atoms with Gasteiger partial charge in [-0.3, -0.25) is 9.58 Å². The van der Waals surface area contributed by atoms with E-state index >= 15 is 0 Å². The van der Waals surface area contributed by atoms with Gasteiger partial charge in [0.15, 0.2) is 0 Å². The topological polar surface area (TPSA) is 47.4 Å². The van der Waals surface area contributed by atoms with Crippen LogP contribution in [0.1, 0.15) is 47.0 Å². The van der Waals surface area contributed by atoms with E-state index in [4.69, 9.17) is 0 Å². The zero-order valence-electron chi connectivity index (χ0n) is 16.7. The van der Waals surface area contributed by atoms with Crippen LogP contribution in [0.3, 0.4) is 0 Å². The van der Waals surface area contributed by atoms with Crippen molar-refractivity contribution in [1.29, 1.82) is 0 Å². The number of rotatable bonds is 6. The highest BCUT2D eigenvalue weighted by Crippen LogP contribution is 2.32. The van der Waals surface area contributed by atoms with Gasteiger partial charge in [0.1, 0.15) is 0 Å². The first-order chi connectivity index (χ1) is 13.0. The van der Waals surface area contributed by atoms with Crippen LogP contribution in [-0.4, -0.2) is 40.8 Å². The number of hydrogen-bond donors (Lipinski definition) is 0. The van der Waals surface area contributed by atoms with E-state index in [1.807, 2.05) is 11.7 Å². The molecule has 144 valence electrons. The summed E-state index contributed by atoms with van der Waals surface area (Å²) in [4.78, 5) is 13.8. The van der Waals surface area contributed by atoms with E-state index < -0.39 is 0 Å². The molecule has 0 amide bonds. The Bertz CT molecular complexity index is 821. The summed E-state index contributed by atoms with van der Waals surface area (Å²) in [5.41, 5.74) is 6.15. The SMILES string of the molecule is COC(=O)/C=C/c1ccc(C2CCCN2CCc2c(C)nn(C)c2C)cc1. The molecule has 0 radical (unpaired) electrons. The van der Waals surface area contributed by atoms with Crippen molar-refractivity contribution in [3.8, 4) is 0 Å². The Morgan fingerprint density at radius 1 is 1.30 bits per heavy atom. The van der Waals surface area contributed by atoms with Crippen LogP contribution >= 0.6 is 0 Å². The van der Waals surface area contributed by atoms with Gasteiger partial charge in [-0.25, -0.2) is 4.79 Å². The molecular formula is C22H29N3O2. The lowest BCUT2D eigenvalue weighted by atomic mass is 10.0. The summed E-state index contributed by atoms with van der Waals surface area (Å²) in [7, 11) is 3.40. The van der Waals surface area contributed by atoms with Gasteiger partial charge >= 0.3 is 5.97 Å². The van der Waals surface area contributed by atoms with Crippen molar-refractivity contribution in [3.63, 3.8) is 0 Å². The molecule has 5 heteroatoms. The molecule has 1 aliphatic rings. The maximum Gasteiger partial charge on any atom is 0.330 e. The van der Waals surface area contributed by atoms with Gasteiger partial charge in [-0.15, -0.1) is 0 Å². The van der Waals surface area contributed by atoms with Gasteiger partial charge in [0.2, 0.25) is 0 Å². The van der Waals surface area contributed by atoms with E-state index in [2.05, 4.69) is 52.8 Å². The van der Waals surface area contributed by atoms with Crippen LogP contribution in [0.25, 0.3) is 6.08 Å². The van der Waals surface area contributed by atoms with Crippen molar-refractivity contribution in [2.75, 3.05) is 20.2 Å². The highest BCUT2D eigenvalue weighted by Gasteiger charge is 2.26. The highest BCUT2D eigenvalue weighted by molar-refractivity contribution is 5.86. The zero-order chi connectivity index (χ0) is 19.4. The van der Waals surface area contributed by atoms with Gasteiger partial charge in [0.05, 0.1) is 12.8 Å². The van der Waals surface area contributed by atoms with E-state index in [0.717, 1.165) is 30.8 Å². The average Bonchev–Trinajstić information content (AvgIpc) is 3.23. The number of nitrogens with zero attached hydrogens (tertiary/aromatic N) is 3. The number of esters is 1. The maximum absolute atomic E-state index is 11.2.